The number of hydrogen-bond donors (Lipinski definition) is 2. The van der Waals surface area contributed by atoms with E-state index in [1.54, 1.807) is 12.1 Å². The minimum atomic E-state index is -0.573. The number of halogens is 1. The molecule has 1 atom stereocenters. The van der Waals surface area contributed by atoms with Crippen LogP contribution in [0.5, 0.6) is 0 Å². The van der Waals surface area contributed by atoms with Gasteiger partial charge in [0.15, 0.2) is 0 Å². The topological polar surface area (TPSA) is 58.2 Å². The van der Waals surface area contributed by atoms with Crippen molar-refractivity contribution in [2.45, 2.75) is 19.3 Å². The Hall–Kier alpha value is -1.36. The third-order valence-corrected chi connectivity index (χ3v) is 3.49. The van der Waals surface area contributed by atoms with Crippen molar-refractivity contribution in [2.24, 2.45) is 5.92 Å². The van der Waals surface area contributed by atoms with Crippen molar-refractivity contribution >= 4 is 33.4 Å². The lowest BCUT2D eigenvalue weighted by Gasteiger charge is -2.13. The molecule has 1 aliphatic rings. The van der Waals surface area contributed by atoms with Crippen LogP contribution in [0.1, 0.15) is 19.3 Å². The Balaban J connectivity index is 2.02. The highest BCUT2D eigenvalue weighted by molar-refractivity contribution is 9.10. The molecule has 96 valence electrons. The molecule has 1 aliphatic heterocycles. The van der Waals surface area contributed by atoms with Gasteiger partial charge in [0, 0.05) is 16.7 Å². The molecule has 2 amide bonds. The van der Waals surface area contributed by atoms with Crippen LogP contribution in [-0.4, -0.2) is 18.4 Å². The molecule has 4 nitrogen and oxygen atoms in total. The summed E-state index contributed by atoms with van der Waals surface area (Å²) in [5.41, 5.74) is 0.709. The van der Waals surface area contributed by atoms with Gasteiger partial charge >= 0.3 is 0 Å². The number of carbonyl (C=O) groups excluding carboxylic acids is 2. The van der Waals surface area contributed by atoms with Gasteiger partial charge in [0.1, 0.15) is 5.92 Å². The second kappa shape index (κ2) is 6.00. The summed E-state index contributed by atoms with van der Waals surface area (Å²) in [7, 11) is 0. The van der Waals surface area contributed by atoms with Gasteiger partial charge in [0.25, 0.3) is 0 Å². The maximum atomic E-state index is 12.0. The smallest absolute Gasteiger partial charge is 0.236 e. The lowest BCUT2D eigenvalue weighted by molar-refractivity contribution is -0.132. The molecule has 5 heteroatoms. The summed E-state index contributed by atoms with van der Waals surface area (Å²) in [5, 5.41) is 5.54. The van der Waals surface area contributed by atoms with Crippen molar-refractivity contribution in [3.8, 4) is 0 Å². The minimum Gasteiger partial charge on any atom is -0.355 e. The highest BCUT2D eigenvalue weighted by atomic mass is 79.9. The lowest BCUT2D eigenvalue weighted by atomic mass is 10.0. The van der Waals surface area contributed by atoms with E-state index in [0.29, 0.717) is 18.7 Å². The van der Waals surface area contributed by atoms with Crippen LogP contribution in [0.15, 0.2) is 28.7 Å². The molecular weight excluding hydrogens is 296 g/mol. The fraction of sp³-hybridized carbons (Fsp3) is 0.385. The second-order valence-corrected chi connectivity index (χ2v) is 5.25. The van der Waals surface area contributed by atoms with E-state index in [1.165, 1.54) is 0 Å². The van der Waals surface area contributed by atoms with Crippen LogP contribution >= 0.6 is 15.9 Å². The molecule has 18 heavy (non-hydrogen) atoms. The van der Waals surface area contributed by atoms with E-state index in [4.69, 9.17) is 0 Å². The number of nitrogens with one attached hydrogen (secondary N) is 2. The molecule has 1 aromatic carbocycles. The first-order valence-electron chi connectivity index (χ1n) is 6.01. The third-order valence-electron chi connectivity index (χ3n) is 2.96. The van der Waals surface area contributed by atoms with Gasteiger partial charge in [-0.15, -0.1) is 0 Å². The molecular formula is C13H15BrN2O2. The minimum absolute atomic E-state index is 0.165. The van der Waals surface area contributed by atoms with E-state index in [9.17, 15) is 9.59 Å². The Bertz CT molecular complexity index is 445. The first-order chi connectivity index (χ1) is 8.66. The van der Waals surface area contributed by atoms with E-state index < -0.39 is 5.92 Å². The fourth-order valence-corrected chi connectivity index (χ4v) is 2.22. The van der Waals surface area contributed by atoms with Gasteiger partial charge in [0.05, 0.1) is 0 Å². The zero-order valence-corrected chi connectivity index (χ0v) is 11.5. The average molecular weight is 311 g/mol. The van der Waals surface area contributed by atoms with Crippen LogP contribution in [0, 0.1) is 5.92 Å². The predicted octanol–water partition coefficient (Wildman–Crippen LogP) is 2.30. The second-order valence-electron chi connectivity index (χ2n) is 4.34. The fourth-order valence-electron chi connectivity index (χ4n) is 1.95. The van der Waals surface area contributed by atoms with E-state index in [1.807, 2.05) is 12.1 Å². The molecule has 1 heterocycles. The van der Waals surface area contributed by atoms with Crippen molar-refractivity contribution in [3.63, 3.8) is 0 Å². The van der Waals surface area contributed by atoms with E-state index in [-0.39, 0.29) is 11.8 Å². The molecule has 0 bridgehead atoms. The van der Waals surface area contributed by atoms with Gasteiger partial charge in [-0.2, -0.15) is 0 Å². The number of anilines is 1. The SMILES string of the molecule is O=C1NCCCCC1C(=O)Nc1ccc(Br)cc1. The maximum Gasteiger partial charge on any atom is 0.236 e. The maximum absolute atomic E-state index is 12.0. The summed E-state index contributed by atoms with van der Waals surface area (Å²) in [6.07, 6.45) is 2.46. The van der Waals surface area contributed by atoms with Crippen molar-refractivity contribution in [1.82, 2.24) is 5.32 Å². The Morgan fingerprint density at radius 1 is 1.28 bits per heavy atom. The van der Waals surface area contributed by atoms with Crippen LogP contribution in [0.25, 0.3) is 0 Å². The van der Waals surface area contributed by atoms with Crippen molar-refractivity contribution in [2.75, 3.05) is 11.9 Å². The summed E-state index contributed by atoms with van der Waals surface area (Å²) in [5.74, 6) is -0.963. The molecule has 0 radical (unpaired) electrons. The molecule has 1 aromatic rings. The zero-order chi connectivity index (χ0) is 13.0. The van der Waals surface area contributed by atoms with Crippen LogP contribution in [0.3, 0.4) is 0 Å². The van der Waals surface area contributed by atoms with E-state index in [2.05, 4.69) is 26.6 Å². The monoisotopic (exact) mass is 310 g/mol. The molecule has 1 fully saturated rings. The van der Waals surface area contributed by atoms with Crippen molar-refractivity contribution < 1.29 is 9.59 Å². The van der Waals surface area contributed by atoms with Gasteiger partial charge in [0.2, 0.25) is 11.8 Å². The largest absolute Gasteiger partial charge is 0.355 e. The molecule has 2 N–H and O–H groups in total. The molecule has 1 unspecified atom stereocenters. The molecule has 2 rings (SSSR count). The first-order valence-corrected chi connectivity index (χ1v) is 6.80. The van der Waals surface area contributed by atoms with E-state index >= 15 is 0 Å². The van der Waals surface area contributed by atoms with Gasteiger partial charge in [-0.1, -0.05) is 22.4 Å². The molecule has 0 spiro atoms. The number of rotatable bonds is 2. The predicted molar refractivity (Wildman–Crippen MR) is 73.1 cm³/mol. The summed E-state index contributed by atoms with van der Waals surface area (Å²) in [6.45, 7) is 0.668. The Labute approximate surface area is 114 Å². The average Bonchev–Trinajstić information content (AvgIpc) is 2.57. The number of carbonyl (C=O) groups is 2. The van der Waals surface area contributed by atoms with Crippen molar-refractivity contribution in [3.05, 3.63) is 28.7 Å². The van der Waals surface area contributed by atoms with Crippen LogP contribution < -0.4 is 10.6 Å². The summed E-state index contributed by atoms with van der Waals surface area (Å²) in [4.78, 5) is 23.8. The van der Waals surface area contributed by atoms with E-state index in [0.717, 1.165) is 17.3 Å². The van der Waals surface area contributed by atoms with Gasteiger partial charge in [-0.3, -0.25) is 9.59 Å². The standard InChI is InChI=1S/C13H15BrN2O2/c14-9-4-6-10(7-5-9)16-13(18)11-3-1-2-8-15-12(11)17/h4-7,11H,1-3,8H2,(H,15,17)(H,16,18). The zero-order valence-electron chi connectivity index (χ0n) is 9.91. The number of benzene rings is 1. The number of amides is 2. The summed E-state index contributed by atoms with van der Waals surface area (Å²) < 4.78 is 0.952. The first kappa shape index (κ1) is 13.1. The van der Waals surface area contributed by atoms with Crippen LogP contribution in [0.4, 0.5) is 5.69 Å². The Morgan fingerprint density at radius 3 is 2.72 bits per heavy atom. The Kier molecular flexibility index (Phi) is 4.36. The highest BCUT2D eigenvalue weighted by Gasteiger charge is 2.27. The summed E-state index contributed by atoms with van der Waals surface area (Å²) in [6, 6.07) is 7.30. The van der Waals surface area contributed by atoms with Crippen molar-refractivity contribution in [1.29, 1.82) is 0 Å². The van der Waals surface area contributed by atoms with Crippen LogP contribution in [-0.2, 0) is 9.59 Å². The third kappa shape index (κ3) is 3.32. The Morgan fingerprint density at radius 2 is 2.00 bits per heavy atom. The lowest BCUT2D eigenvalue weighted by Crippen LogP contribution is -2.36. The quantitative estimate of drug-likeness (QED) is 0.824. The molecule has 0 aliphatic carbocycles. The highest BCUT2D eigenvalue weighted by Crippen LogP contribution is 2.18. The normalized spacial score (nSPS) is 19.8. The van der Waals surface area contributed by atoms with Gasteiger partial charge in [-0.05, 0) is 37.1 Å². The van der Waals surface area contributed by atoms with Crippen LogP contribution in [0.2, 0.25) is 0 Å². The van der Waals surface area contributed by atoms with Gasteiger partial charge < -0.3 is 10.6 Å². The summed E-state index contributed by atoms with van der Waals surface area (Å²) >= 11 is 3.33. The number of hydrogen-bond acceptors (Lipinski definition) is 2. The molecule has 0 aromatic heterocycles. The molecule has 1 saturated heterocycles. The van der Waals surface area contributed by atoms with Gasteiger partial charge in [-0.25, -0.2) is 0 Å². The molecule has 0 saturated carbocycles.